The summed E-state index contributed by atoms with van der Waals surface area (Å²) in [6.45, 7) is 0.794. The number of amides is 2. The Morgan fingerprint density at radius 2 is 1.71 bits per heavy atom. The molecule has 0 atom stereocenters. The Morgan fingerprint density at radius 3 is 2.45 bits per heavy atom. The van der Waals surface area contributed by atoms with Crippen LogP contribution in [0.3, 0.4) is 0 Å². The molecule has 2 aliphatic rings. The number of pyridine rings is 1. The van der Waals surface area contributed by atoms with Crippen molar-refractivity contribution in [3.05, 3.63) is 95.4 Å². The first-order chi connectivity index (χ1) is 15.2. The van der Waals surface area contributed by atoms with E-state index in [4.69, 9.17) is 4.74 Å². The molecule has 0 radical (unpaired) electrons. The fourth-order valence-corrected chi connectivity index (χ4v) is 4.20. The van der Waals surface area contributed by atoms with Crippen LogP contribution in [0.5, 0.6) is 5.75 Å². The second-order valence-corrected chi connectivity index (χ2v) is 7.50. The van der Waals surface area contributed by atoms with Crippen molar-refractivity contribution in [1.82, 2.24) is 9.88 Å². The minimum absolute atomic E-state index is 0.136. The van der Waals surface area contributed by atoms with Crippen molar-refractivity contribution >= 4 is 23.1 Å². The molecule has 31 heavy (non-hydrogen) atoms. The maximum absolute atomic E-state index is 13.6. The quantitative estimate of drug-likeness (QED) is 0.602. The Kier molecular flexibility index (Phi) is 4.75. The standard InChI is InChI=1S/C25H21N3O3/c1-31-20-11-9-18(10-12-20)22-23(27-15-13-17-6-2-3-8-21(17)27)25(30)28(24(22)29)16-19-7-4-5-14-26-19/h2-12,14H,13,15-16H2,1H3. The van der Waals surface area contributed by atoms with Gasteiger partial charge >= 0.3 is 0 Å². The highest BCUT2D eigenvalue weighted by Crippen LogP contribution is 2.39. The molecule has 0 fully saturated rings. The van der Waals surface area contributed by atoms with Crippen molar-refractivity contribution in [3.63, 3.8) is 0 Å². The molecular formula is C25H21N3O3. The molecule has 5 rings (SSSR count). The van der Waals surface area contributed by atoms with Gasteiger partial charge in [-0.05, 0) is 47.9 Å². The SMILES string of the molecule is COc1ccc(C2=C(N3CCc4ccccc43)C(=O)N(Cc3ccccn3)C2=O)cc1. The van der Waals surface area contributed by atoms with Crippen molar-refractivity contribution in [2.75, 3.05) is 18.6 Å². The van der Waals surface area contributed by atoms with Crippen LogP contribution >= 0.6 is 0 Å². The van der Waals surface area contributed by atoms with Crippen molar-refractivity contribution in [1.29, 1.82) is 0 Å². The summed E-state index contributed by atoms with van der Waals surface area (Å²) in [6.07, 6.45) is 2.49. The zero-order valence-corrected chi connectivity index (χ0v) is 17.1. The Hall–Kier alpha value is -3.93. The summed E-state index contributed by atoms with van der Waals surface area (Å²) in [6, 6.07) is 20.7. The van der Waals surface area contributed by atoms with E-state index >= 15 is 0 Å². The summed E-state index contributed by atoms with van der Waals surface area (Å²) in [5.41, 5.74) is 4.36. The lowest BCUT2D eigenvalue weighted by Gasteiger charge is -2.21. The van der Waals surface area contributed by atoms with Crippen LogP contribution in [0.2, 0.25) is 0 Å². The van der Waals surface area contributed by atoms with Gasteiger partial charge in [-0.2, -0.15) is 0 Å². The first-order valence-electron chi connectivity index (χ1n) is 10.2. The van der Waals surface area contributed by atoms with E-state index in [1.54, 1.807) is 25.4 Å². The second-order valence-electron chi connectivity index (χ2n) is 7.50. The van der Waals surface area contributed by atoms with Gasteiger partial charge in [0.1, 0.15) is 11.4 Å². The topological polar surface area (TPSA) is 62.7 Å². The van der Waals surface area contributed by atoms with E-state index in [2.05, 4.69) is 11.1 Å². The molecule has 0 unspecified atom stereocenters. The van der Waals surface area contributed by atoms with Crippen molar-refractivity contribution in [2.45, 2.75) is 13.0 Å². The number of para-hydroxylation sites is 1. The normalized spacial score (nSPS) is 15.6. The summed E-state index contributed by atoms with van der Waals surface area (Å²) in [5.74, 6) is 0.0953. The van der Waals surface area contributed by atoms with E-state index in [0.717, 1.165) is 12.1 Å². The van der Waals surface area contributed by atoms with Gasteiger partial charge in [-0.1, -0.05) is 36.4 Å². The number of nitrogens with zero attached hydrogens (tertiary/aromatic N) is 3. The molecule has 0 saturated heterocycles. The fourth-order valence-electron chi connectivity index (χ4n) is 4.20. The molecule has 2 aliphatic heterocycles. The van der Waals surface area contributed by atoms with Gasteiger partial charge in [0.2, 0.25) is 0 Å². The van der Waals surface area contributed by atoms with Gasteiger partial charge in [0.05, 0.1) is 24.9 Å². The van der Waals surface area contributed by atoms with Crippen molar-refractivity contribution < 1.29 is 14.3 Å². The number of rotatable bonds is 5. The summed E-state index contributed by atoms with van der Waals surface area (Å²) in [4.78, 5) is 34.7. The van der Waals surface area contributed by atoms with Crippen molar-refractivity contribution in [2.24, 2.45) is 0 Å². The lowest BCUT2D eigenvalue weighted by molar-refractivity contribution is -0.137. The third-order valence-corrected chi connectivity index (χ3v) is 5.73. The molecule has 0 saturated carbocycles. The Morgan fingerprint density at radius 1 is 0.935 bits per heavy atom. The zero-order chi connectivity index (χ0) is 21.4. The minimum atomic E-state index is -0.305. The zero-order valence-electron chi connectivity index (χ0n) is 17.1. The highest BCUT2D eigenvalue weighted by Gasteiger charge is 2.43. The Bertz CT molecular complexity index is 1190. The number of benzene rings is 2. The molecule has 154 valence electrons. The number of carbonyl (C=O) groups is 2. The number of carbonyl (C=O) groups excluding carboxylic acids is 2. The largest absolute Gasteiger partial charge is 0.497 e. The molecule has 1 aromatic heterocycles. The number of ether oxygens (including phenoxy) is 1. The Labute approximate surface area is 180 Å². The molecule has 2 aromatic carbocycles. The van der Waals surface area contributed by atoms with Gasteiger partial charge in [0.25, 0.3) is 11.8 Å². The molecule has 0 aliphatic carbocycles. The predicted molar refractivity (Wildman–Crippen MR) is 117 cm³/mol. The molecule has 0 N–H and O–H groups in total. The predicted octanol–water partition coefficient (Wildman–Crippen LogP) is 3.43. The summed E-state index contributed by atoms with van der Waals surface area (Å²) in [5, 5.41) is 0. The van der Waals surface area contributed by atoms with E-state index in [1.165, 1.54) is 10.5 Å². The third-order valence-electron chi connectivity index (χ3n) is 5.73. The van der Waals surface area contributed by atoms with Gasteiger partial charge < -0.3 is 9.64 Å². The van der Waals surface area contributed by atoms with Crippen LogP contribution in [-0.4, -0.2) is 35.4 Å². The molecule has 0 spiro atoms. The lowest BCUT2D eigenvalue weighted by atomic mass is 10.0. The number of hydrogen-bond acceptors (Lipinski definition) is 5. The van der Waals surface area contributed by atoms with Gasteiger partial charge in [0.15, 0.2) is 0 Å². The highest BCUT2D eigenvalue weighted by atomic mass is 16.5. The summed E-state index contributed by atoms with van der Waals surface area (Å²) in [7, 11) is 1.60. The Balaban J connectivity index is 1.61. The molecule has 3 heterocycles. The van der Waals surface area contributed by atoms with Crippen LogP contribution in [0.15, 0.2) is 78.6 Å². The van der Waals surface area contributed by atoms with Crippen molar-refractivity contribution in [3.8, 4) is 5.75 Å². The number of imide groups is 1. The van der Waals surface area contributed by atoms with Gasteiger partial charge in [0, 0.05) is 18.4 Å². The molecule has 6 heteroatoms. The molecule has 2 amide bonds. The van der Waals surface area contributed by atoms with E-state index < -0.39 is 0 Å². The number of anilines is 1. The molecule has 3 aromatic rings. The lowest BCUT2D eigenvalue weighted by Crippen LogP contribution is -2.34. The van der Waals surface area contributed by atoms with Crippen LogP contribution in [-0.2, 0) is 22.6 Å². The minimum Gasteiger partial charge on any atom is -0.497 e. The van der Waals surface area contributed by atoms with E-state index in [1.807, 2.05) is 53.4 Å². The highest BCUT2D eigenvalue weighted by molar-refractivity contribution is 6.36. The molecule has 0 bridgehead atoms. The average Bonchev–Trinajstić information content (AvgIpc) is 3.34. The second kappa shape index (κ2) is 7.72. The van der Waals surface area contributed by atoms with E-state index in [-0.39, 0.29) is 18.4 Å². The number of aromatic nitrogens is 1. The first kappa shape index (κ1) is 19.1. The van der Waals surface area contributed by atoms with Crippen LogP contribution in [0.25, 0.3) is 5.57 Å². The van der Waals surface area contributed by atoms with E-state index in [0.29, 0.717) is 34.8 Å². The summed E-state index contributed by atoms with van der Waals surface area (Å²) >= 11 is 0. The number of methoxy groups -OCH3 is 1. The van der Waals surface area contributed by atoms with Crippen LogP contribution in [0.1, 0.15) is 16.8 Å². The molecule has 6 nitrogen and oxygen atoms in total. The van der Waals surface area contributed by atoms with Gasteiger partial charge in [-0.3, -0.25) is 19.5 Å². The van der Waals surface area contributed by atoms with E-state index in [9.17, 15) is 9.59 Å². The first-order valence-corrected chi connectivity index (χ1v) is 10.2. The fraction of sp³-hybridized carbons (Fsp3) is 0.160. The van der Waals surface area contributed by atoms with Gasteiger partial charge in [-0.15, -0.1) is 0 Å². The number of hydrogen-bond donors (Lipinski definition) is 0. The third kappa shape index (κ3) is 3.26. The maximum atomic E-state index is 13.6. The molecular weight excluding hydrogens is 390 g/mol. The van der Waals surface area contributed by atoms with Gasteiger partial charge in [-0.25, -0.2) is 0 Å². The van der Waals surface area contributed by atoms with Crippen LogP contribution in [0.4, 0.5) is 5.69 Å². The maximum Gasteiger partial charge on any atom is 0.278 e. The van der Waals surface area contributed by atoms with Crippen LogP contribution < -0.4 is 9.64 Å². The number of fused-ring (bicyclic) bond motifs is 1. The smallest absolute Gasteiger partial charge is 0.278 e. The summed E-state index contributed by atoms with van der Waals surface area (Å²) < 4.78 is 5.26. The van der Waals surface area contributed by atoms with Crippen LogP contribution in [0, 0.1) is 0 Å². The average molecular weight is 411 g/mol. The monoisotopic (exact) mass is 411 g/mol.